The lowest BCUT2D eigenvalue weighted by molar-refractivity contribution is 0.0547. The molecule has 12 heteroatoms. The molecule has 206 valence electrons. The number of piperazine rings is 1. The molecular formula is C27H30ClN5O3S3. The maximum atomic E-state index is 13.8. The van der Waals surface area contributed by atoms with Gasteiger partial charge in [-0.2, -0.15) is 4.31 Å². The van der Waals surface area contributed by atoms with Gasteiger partial charge in [0.1, 0.15) is 5.03 Å². The minimum atomic E-state index is -3.78. The van der Waals surface area contributed by atoms with E-state index in [1.54, 1.807) is 35.6 Å². The van der Waals surface area contributed by atoms with E-state index in [-0.39, 0.29) is 30.1 Å². The molecular weight excluding hydrogens is 574 g/mol. The van der Waals surface area contributed by atoms with E-state index >= 15 is 0 Å². The number of aryl methyl sites for hydroxylation is 1. The van der Waals surface area contributed by atoms with Gasteiger partial charge in [-0.15, -0.1) is 22.7 Å². The monoisotopic (exact) mass is 603 g/mol. The molecule has 1 aromatic carbocycles. The summed E-state index contributed by atoms with van der Waals surface area (Å²) in [6, 6.07) is 10.8. The minimum Gasteiger partial charge on any atom is -0.345 e. The van der Waals surface area contributed by atoms with Crippen LogP contribution in [0.1, 0.15) is 38.1 Å². The van der Waals surface area contributed by atoms with E-state index in [0.29, 0.717) is 23.0 Å². The van der Waals surface area contributed by atoms with Gasteiger partial charge in [0.25, 0.3) is 15.9 Å². The maximum absolute atomic E-state index is 13.8. The minimum absolute atomic E-state index is 0.0875. The summed E-state index contributed by atoms with van der Waals surface area (Å²) in [4.78, 5) is 28.1. The average molecular weight is 604 g/mol. The summed E-state index contributed by atoms with van der Waals surface area (Å²) in [6.45, 7) is 2.57. The molecule has 5 heterocycles. The van der Waals surface area contributed by atoms with Gasteiger partial charge < -0.3 is 14.8 Å². The van der Waals surface area contributed by atoms with Crippen LogP contribution >= 0.6 is 34.3 Å². The summed E-state index contributed by atoms with van der Waals surface area (Å²) >= 11 is 9.32. The van der Waals surface area contributed by atoms with E-state index < -0.39 is 10.0 Å². The van der Waals surface area contributed by atoms with Crippen LogP contribution in [0.25, 0.3) is 10.9 Å². The average Bonchev–Trinajstić information content (AvgIpc) is 3.67. The Kier molecular flexibility index (Phi) is 7.55. The Hall–Kier alpha value is -2.28. The maximum Gasteiger partial charge on any atom is 0.283 e. The number of hydrogen-bond donors (Lipinski definition) is 1. The highest BCUT2D eigenvalue weighted by Gasteiger charge is 2.38. The molecule has 0 spiro atoms. The predicted molar refractivity (Wildman–Crippen MR) is 156 cm³/mol. The molecule has 0 saturated carbocycles. The van der Waals surface area contributed by atoms with Crippen LogP contribution in [0.5, 0.6) is 0 Å². The molecule has 1 N–H and O–H groups in total. The lowest BCUT2D eigenvalue weighted by Crippen LogP contribution is -2.56. The normalized spacial score (nSPS) is 19.0. The first-order valence-corrected chi connectivity index (χ1v) is 16.6. The molecule has 3 aromatic heterocycles. The van der Waals surface area contributed by atoms with E-state index in [9.17, 15) is 13.2 Å². The number of H-pyrrole nitrogens is 1. The van der Waals surface area contributed by atoms with Crippen LogP contribution in [0.2, 0.25) is 5.02 Å². The Bertz CT molecular complexity index is 1600. The molecule has 1 amide bonds. The molecule has 1 atom stereocenters. The number of thiazole rings is 1. The molecule has 1 unspecified atom stereocenters. The van der Waals surface area contributed by atoms with Crippen molar-refractivity contribution in [3.05, 3.63) is 67.3 Å². The molecule has 0 aliphatic carbocycles. The number of nitrogens with one attached hydrogen (secondary N) is 1. The van der Waals surface area contributed by atoms with Gasteiger partial charge in [-0.25, -0.2) is 13.4 Å². The van der Waals surface area contributed by atoms with Crippen LogP contribution in [0, 0.1) is 0 Å². The number of fused-ring (bicyclic) bond motifs is 2. The summed E-state index contributed by atoms with van der Waals surface area (Å²) in [6.07, 6.45) is 3.34. The van der Waals surface area contributed by atoms with E-state index in [2.05, 4.69) is 28.4 Å². The molecule has 1 fully saturated rings. The number of thiophene rings is 1. The Labute approximate surface area is 241 Å². The summed E-state index contributed by atoms with van der Waals surface area (Å²) in [7, 11) is -1.70. The van der Waals surface area contributed by atoms with Crippen molar-refractivity contribution < 1.29 is 13.2 Å². The molecule has 1 saturated heterocycles. The first kappa shape index (κ1) is 26.9. The quantitative estimate of drug-likeness (QED) is 0.326. The molecule has 8 nitrogen and oxygen atoms in total. The molecule has 2 aliphatic rings. The van der Waals surface area contributed by atoms with E-state index in [4.69, 9.17) is 16.6 Å². The summed E-state index contributed by atoms with van der Waals surface area (Å²) < 4.78 is 28.9. The Morgan fingerprint density at radius 3 is 2.90 bits per heavy atom. The third-order valence-electron chi connectivity index (χ3n) is 7.53. The fraction of sp³-hybridized carbons (Fsp3) is 0.407. The number of aromatic amines is 1. The summed E-state index contributed by atoms with van der Waals surface area (Å²) in [5.41, 5.74) is 1.74. The highest BCUT2D eigenvalue weighted by Crippen LogP contribution is 2.30. The molecule has 4 aromatic rings. The molecule has 0 radical (unpaired) electrons. The predicted octanol–water partition coefficient (Wildman–Crippen LogP) is 4.87. The van der Waals surface area contributed by atoms with Crippen molar-refractivity contribution in [2.45, 2.75) is 43.3 Å². The third kappa shape index (κ3) is 5.53. The van der Waals surface area contributed by atoms with Crippen LogP contribution in [0.4, 0.5) is 0 Å². The number of carbonyl (C=O) groups is 1. The highest BCUT2D eigenvalue weighted by atomic mass is 35.5. The fourth-order valence-corrected chi connectivity index (χ4v) is 8.98. The van der Waals surface area contributed by atoms with Crippen molar-refractivity contribution in [2.75, 3.05) is 33.2 Å². The topological polar surface area (TPSA) is 89.6 Å². The first-order valence-electron chi connectivity index (χ1n) is 13.1. The number of amides is 1. The lowest BCUT2D eigenvalue weighted by atomic mass is 10.1. The van der Waals surface area contributed by atoms with E-state index in [0.717, 1.165) is 53.8 Å². The van der Waals surface area contributed by atoms with Gasteiger partial charge in [0, 0.05) is 70.9 Å². The van der Waals surface area contributed by atoms with Crippen molar-refractivity contribution in [2.24, 2.45) is 0 Å². The Balaban J connectivity index is 1.24. The number of aromatic nitrogens is 2. The highest BCUT2D eigenvalue weighted by molar-refractivity contribution is 7.89. The van der Waals surface area contributed by atoms with Gasteiger partial charge in [0.15, 0.2) is 5.01 Å². The number of rotatable bonds is 7. The van der Waals surface area contributed by atoms with Crippen LogP contribution in [0.3, 0.4) is 0 Å². The fourth-order valence-electron chi connectivity index (χ4n) is 5.42. The van der Waals surface area contributed by atoms with E-state index in [1.807, 2.05) is 11.0 Å². The molecule has 0 bridgehead atoms. The smallest absolute Gasteiger partial charge is 0.283 e. The number of benzene rings is 1. The zero-order chi connectivity index (χ0) is 27.1. The third-order valence-corrected chi connectivity index (χ3v) is 11.6. The van der Waals surface area contributed by atoms with Gasteiger partial charge in [0.2, 0.25) is 0 Å². The van der Waals surface area contributed by atoms with Crippen molar-refractivity contribution >= 4 is 61.1 Å². The molecule has 39 heavy (non-hydrogen) atoms. The Morgan fingerprint density at radius 2 is 2.08 bits per heavy atom. The second-order valence-electron chi connectivity index (χ2n) is 10.2. The van der Waals surface area contributed by atoms with Gasteiger partial charge in [0.05, 0.1) is 5.69 Å². The number of sulfonamides is 1. The van der Waals surface area contributed by atoms with Crippen molar-refractivity contribution in [3.8, 4) is 0 Å². The number of hydrogen-bond acceptors (Lipinski definition) is 7. The van der Waals surface area contributed by atoms with Gasteiger partial charge >= 0.3 is 0 Å². The zero-order valence-corrected chi connectivity index (χ0v) is 24.8. The van der Waals surface area contributed by atoms with Gasteiger partial charge in [-0.05, 0) is 62.0 Å². The zero-order valence-electron chi connectivity index (χ0n) is 21.6. The standard InChI is InChI=1S/C27H30ClN5O3S3/c1-31-10-9-23-24(17-31)38-26(30-23)27(34)33-12-11-32(16-20(33)4-2-5-21-6-3-13-37-21)39(35,36)25-15-18-14-19(28)7-8-22(18)29-25/h3,6-8,13-15,20,29H,2,4-5,9-12,16-17H2,1H3. The number of nitrogens with zero attached hydrogens (tertiary/aromatic N) is 4. The number of carbonyl (C=O) groups excluding carboxylic acids is 1. The number of halogens is 1. The van der Waals surface area contributed by atoms with Gasteiger partial charge in [-0.1, -0.05) is 17.7 Å². The second-order valence-corrected chi connectivity index (χ2v) is 14.7. The largest absolute Gasteiger partial charge is 0.345 e. The lowest BCUT2D eigenvalue weighted by Gasteiger charge is -2.40. The van der Waals surface area contributed by atoms with E-state index in [1.165, 1.54) is 20.5 Å². The summed E-state index contributed by atoms with van der Waals surface area (Å²) in [5, 5.41) is 4.03. The first-order chi connectivity index (χ1) is 18.8. The number of likely N-dealkylation sites (N-methyl/N-ethyl adjacent to an activating group) is 1. The van der Waals surface area contributed by atoms with Crippen LogP contribution < -0.4 is 0 Å². The van der Waals surface area contributed by atoms with Crippen LogP contribution in [-0.2, 0) is 29.4 Å². The second kappa shape index (κ2) is 10.9. The van der Waals surface area contributed by atoms with Gasteiger partial charge in [-0.3, -0.25) is 4.79 Å². The van der Waals surface area contributed by atoms with Crippen molar-refractivity contribution in [3.63, 3.8) is 0 Å². The SMILES string of the molecule is CN1CCc2nc(C(=O)N3CCN(S(=O)(=O)c4cc5cc(Cl)ccc5[nH]4)CC3CCCc3cccs3)sc2C1. The van der Waals surface area contributed by atoms with Crippen LogP contribution in [0.15, 0.2) is 46.8 Å². The Morgan fingerprint density at radius 1 is 1.21 bits per heavy atom. The summed E-state index contributed by atoms with van der Waals surface area (Å²) in [5.74, 6) is -0.0875. The molecule has 6 rings (SSSR count). The molecule has 2 aliphatic heterocycles. The van der Waals surface area contributed by atoms with Crippen molar-refractivity contribution in [1.29, 1.82) is 0 Å². The van der Waals surface area contributed by atoms with Crippen LogP contribution in [-0.4, -0.2) is 77.7 Å². The van der Waals surface area contributed by atoms with Crippen molar-refractivity contribution in [1.82, 2.24) is 24.1 Å².